The molecule has 0 aliphatic heterocycles. The molecule has 0 saturated heterocycles. The van der Waals surface area contributed by atoms with Crippen molar-refractivity contribution >= 4 is 5.91 Å². The molecule has 0 bridgehead atoms. The SMILES string of the molecule is Cc1ccc(C(=O)N(Cc2ccccc2)CC(C)(C)O)cc1O. The van der Waals surface area contributed by atoms with Crippen LogP contribution >= 0.6 is 0 Å². The van der Waals surface area contributed by atoms with Gasteiger partial charge in [0, 0.05) is 18.7 Å². The summed E-state index contributed by atoms with van der Waals surface area (Å²) in [4.78, 5) is 14.4. The average Bonchev–Trinajstić information content (AvgIpc) is 2.48. The minimum Gasteiger partial charge on any atom is -0.508 e. The van der Waals surface area contributed by atoms with Crippen LogP contribution in [0, 0.1) is 6.92 Å². The van der Waals surface area contributed by atoms with Crippen LogP contribution in [-0.4, -0.2) is 33.2 Å². The van der Waals surface area contributed by atoms with Crippen LogP contribution in [0.3, 0.4) is 0 Å². The average molecular weight is 313 g/mol. The Morgan fingerprint density at radius 1 is 1.13 bits per heavy atom. The van der Waals surface area contributed by atoms with Crippen LogP contribution in [0.1, 0.15) is 35.3 Å². The lowest BCUT2D eigenvalue weighted by atomic mass is 10.1. The second-order valence-corrected chi connectivity index (χ2v) is 6.46. The van der Waals surface area contributed by atoms with Crippen LogP contribution in [-0.2, 0) is 6.54 Å². The fourth-order valence-electron chi connectivity index (χ4n) is 2.40. The predicted molar refractivity (Wildman–Crippen MR) is 90.3 cm³/mol. The zero-order valence-electron chi connectivity index (χ0n) is 13.8. The summed E-state index contributed by atoms with van der Waals surface area (Å²) in [6, 6.07) is 14.5. The molecule has 2 N–H and O–H groups in total. The van der Waals surface area contributed by atoms with Crippen molar-refractivity contribution in [1.82, 2.24) is 4.90 Å². The summed E-state index contributed by atoms with van der Waals surface area (Å²) in [5.74, 6) is -0.120. The van der Waals surface area contributed by atoms with Gasteiger partial charge >= 0.3 is 0 Å². The summed E-state index contributed by atoms with van der Waals surface area (Å²) in [5, 5.41) is 20.0. The number of hydrogen-bond acceptors (Lipinski definition) is 3. The number of benzene rings is 2. The molecule has 0 saturated carbocycles. The van der Waals surface area contributed by atoms with Crippen LogP contribution in [0.5, 0.6) is 5.75 Å². The Morgan fingerprint density at radius 2 is 1.78 bits per heavy atom. The molecule has 0 spiro atoms. The number of aliphatic hydroxyl groups is 1. The van der Waals surface area contributed by atoms with E-state index in [0.29, 0.717) is 12.1 Å². The van der Waals surface area contributed by atoms with Crippen molar-refractivity contribution in [3.05, 3.63) is 65.2 Å². The highest BCUT2D eigenvalue weighted by Gasteiger charge is 2.24. The minimum absolute atomic E-state index is 0.0961. The topological polar surface area (TPSA) is 60.8 Å². The number of phenolic OH excluding ortho intramolecular Hbond substituents is 1. The van der Waals surface area contributed by atoms with Crippen LogP contribution in [0.2, 0.25) is 0 Å². The Balaban J connectivity index is 2.28. The van der Waals surface area contributed by atoms with E-state index < -0.39 is 5.60 Å². The van der Waals surface area contributed by atoms with Crippen LogP contribution in [0.25, 0.3) is 0 Å². The van der Waals surface area contributed by atoms with Gasteiger partial charge in [-0.3, -0.25) is 4.79 Å². The molecule has 2 aromatic rings. The molecule has 122 valence electrons. The van der Waals surface area contributed by atoms with Gasteiger partial charge in [-0.25, -0.2) is 0 Å². The first-order valence-corrected chi connectivity index (χ1v) is 7.61. The van der Waals surface area contributed by atoms with Gasteiger partial charge in [-0.05, 0) is 44.0 Å². The van der Waals surface area contributed by atoms with E-state index >= 15 is 0 Å². The van der Waals surface area contributed by atoms with Gasteiger partial charge in [0.25, 0.3) is 5.91 Å². The summed E-state index contributed by atoms with van der Waals surface area (Å²) in [6.07, 6.45) is 0. The molecule has 0 aliphatic carbocycles. The predicted octanol–water partition coefficient (Wildman–Crippen LogP) is 3.11. The largest absolute Gasteiger partial charge is 0.508 e. The maximum absolute atomic E-state index is 12.8. The van der Waals surface area contributed by atoms with E-state index in [0.717, 1.165) is 11.1 Å². The summed E-state index contributed by atoms with van der Waals surface area (Å²) in [6.45, 7) is 5.73. The highest BCUT2D eigenvalue weighted by Crippen LogP contribution is 2.20. The smallest absolute Gasteiger partial charge is 0.254 e. The Kier molecular flexibility index (Phi) is 5.06. The lowest BCUT2D eigenvalue weighted by Gasteiger charge is -2.29. The second-order valence-electron chi connectivity index (χ2n) is 6.46. The Bertz CT molecular complexity index is 675. The number of aromatic hydroxyl groups is 1. The number of carbonyl (C=O) groups excluding carboxylic acids is 1. The van der Waals surface area contributed by atoms with Gasteiger partial charge in [-0.2, -0.15) is 0 Å². The van der Waals surface area contributed by atoms with Crippen molar-refractivity contribution < 1.29 is 15.0 Å². The molecule has 0 fully saturated rings. The number of phenols is 1. The van der Waals surface area contributed by atoms with Gasteiger partial charge in [-0.1, -0.05) is 36.4 Å². The normalized spacial score (nSPS) is 11.3. The molecule has 2 rings (SSSR count). The third-order valence-corrected chi connectivity index (χ3v) is 3.54. The Morgan fingerprint density at radius 3 is 2.35 bits per heavy atom. The van der Waals surface area contributed by atoms with Gasteiger partial charge < -0.3 is 15.1 Å². The van der Waals surface area contributed by atoms with E-state index in [9.17, 15) is 15.0 Å². The van der Waals surface area contributed by atoms with E-state index in [1.165, 1.54) is 6.07 Å². The van der Waals surface area contributed by atoms with E-state index in [-0.39, 0.29) is 18.2 Å². The number of aryl methyl sites for hydroxylation is 1. The third kappa shape index (κ3) is 4.83. The van der Waals surface area contributed by atoms with E-state index in [2.05, 4.69) is 0 Å². The van der Waals surface area contributed by atoms with Crippen molar-refractivity contribution in [2.24, 2.45) is 0 Å². The molecule has 0 radical (unpaired) electrons. The molecule has 4 heteroatoms. The van der Waals surface area contributed by atoms with E-state index in [1.807, 2.05) is 30.3 Å². The molecule has 4 nitrogen and oxygen atoms in total. The van der Waals surface area contributed by atoms with Gasteiger partial charge in [0.1, 0.15) is 5.75 Å². The monoisotopic (exact) mass is 313 g/mol. The maximum atomic E-state index is 12.8. The van der Waals surface area contributed by atoms with E-state index in [1.54, 1.807) is 37.8 Å². The zero-order chi connectivity index (χ0) is 17.0. The maximum Gasteiger partial charge on any atom is 0.254 e. The number of hydrogen-bond donors (Lipinski definition) is 2. The first kappa shape index (κ1) is 17.0. The molecule has 0 unspecified atom stereocenters. The summed E-state index contributed by atoms with van der Waals surface area (Å²) in [7, 11) is 0. The van der Waals surface area contributed by atoms with Crippen LogP contribution in [0.15, 0.2) is 48.5 Å². The minimum atomic E-state index is -1.00. The molecular formula is C19H23NO3. The number of amides is 1. The fraction of sp³-hybridized carbons (Fsp3) is 0.316. The quantitative estimate of drug-likeness (QED) is 0.891. The molecule has 0 aliphatic rings. The zero-order valence-corrected chi connectivity index (χ0v) is 13.8. The Labute approximate surface area is 137 Å². The van der Waals surface area contributed by atoms with Crippen LogP contribution in [0.4, 0.5) is 0 Å². The van der Waals surface area contributed by atoms with Crippen molar-refractivity contribution in [2.75, 3.05) is 6.54 Å². The fourth-order valence-corrected chi connectivity index (χ4v) is 2.40. The lowest BCUT2D eigenvalue weighted by Crippen LogP contribution is -2.41. The number of nitrogens with zero attached hydrogens (tertiary/aromatic N) is 1. The van der Waals surface area contributed by atoms with Gasteiger partial charge in [0.15, 0.2) is 0 Å². The highest BCUT2D eigenvalue weighted by molar-refractivity contribution is 5.94. The molecule has 0 aromatic heterocycles. The number of rotatable bonds is 5. The van der Waals surface area contributed by atoms with Crippen LogP contribution < -0.4 is 0 Å². The van der Waals surface area contributed by atoms with Crippen molar-refractivity contribution in [2.45, 2.75) is 32.9 Å². The van der Waals surface area contributed by atoms with E-state index in [4.69, 9.17) is 0 Å². The van der Waals surface area contributed by atoms with Crippen molar-refractivity contribution in [3.63, 3.8) is 0 Å². The standard InChI is InChI=1S/C19H23NO3/c1-14-9-10-16(11-17(14)21)18(22)20(13-19(2,3)23)12-15-7-5-4-6-8-15/h4-11,21,23H,12-13H2,1-3H3. The van der Waals surface area contributed by atoms with Gasteiger partial charge in [-0.15, -0.1) is 0 Å². The van der Waals surface area contributed by atoms with Crippen molar-refractivity contribution in [3.8, 4) is 5.75 Å². The second kappa shape index (κ2) is 6.84. The first-order valence-electron chi connectivity index (χ1n) is 7.61. The molecule has 1 amide bonds. The molecule has 23 heavy (non-hydrogen) atoms. The summed E-state index contributed by atoms with van der Waals surface area (Å²) >= 11 is 0. The van der Waals surface area contributed by atoms with Gasteiger partial charge in [0.2, 0.25) is 0 Å². The molecular weight excluding hydrogens is 290 g/mol. The lowest BCUT2D eigenvalue weighted by molar-refractivity contribution is 0.0280. The molecule has 0 heterocycles. The highest BCUT2D eigenvalue weighted by atomic mass is 16.3. The van der Waals surface area contributed by atoms with Crippen molar-refractivity contribution in [1.29, 1.82) is 0 Å². The molecule has 0 atom stereocenters. The Hall–Kier alpha value is -2.33. The first-order chi connectivity index (χ1) is 10.8. The third-order valence-electron chi connectivity index (χ3n) is 3.54. The van der Waals surface area contributed by atoms with Gasteiger partial charge in [0.05, 0.1) is 5.60 Å². The summed E-state index contributed by atoms with van der Waals surface area (Å²) in [5.41, 5.74) is 1.12. The summed E-state index contributed by atoms with van der Waals surface area (Å²) < 4.78 is 0. The molecule has 2 aromatic carbocycles. The number of carbonyl (C=O) groups is 1.